The Bertz CT molecular complexity index is 1200. The number of hydrogen-bond donors (Lipinski definition) is 0. The summed E-state index contributed by atoms with van der Waals surface area (Å²) in [6.45, 7) is 2.03. The number of halogens is 3. The lowest BCUT2D eigenvalue weighted by Gasteiger charge is -2.08. The van der Waals surface area contributed by atoms with Gasteiger partial charge >= 0.3 is 5.97 Å². The summed E-state index contributed by atoms with van der Waals surface area (Å²) in [7, 11) is 0. The van der Waals surface area contributed by atoms with Crippen molar-refractivity contribution in [1.82, 2.24) is 9.38 Å². The van der Waals surface area contributed by atoms with Gasteiger partial charge in [-0.3, -0.25) is 4.40 Å². The van der Waals surface area contributed by atoms with Crippen LogP contribution in [0.25, 0.3) is 28.2 Å². The second-order valence-corrected chi connectivity index (χ2v) is 7.59. The zero-order valence-electron chi connectivity index (χ0n) is 15.3. The van der Waals surface area contributed by atoms with Crippen molar-refractivity contribution in [3.05, 3.63) is 81.4 Å². The number of imidazole rings is 1. The second kappa shape index (κ2) is 8.07. The molecule has 0 radical (unpaired) electrons. The smallest absolute Gasteiger partial charge is 0.339 e. The van der Waals surface area contributed by atoms with Gasteiger partial charge in [0.2, 0.25) is 0 Å². The van der Waals surface area contributed by atoms with Gasteiger partial charge in [0.1, 0.15) is 0 Å². The summed E-state index contributed by atoms with van der Waals surface area (Å²) >= 11 is 18.6. The van der Waals surface area contributed by atoms with Crippen LogP contribution in [0.15, 0.2) is 60.8 Å². The molecule has 29 heavy (non-hydrogen) atoms. The molecular weight excluding hydrogens is 431 g/mol. The van der Waals surface area contributed by atoms with Crippen LogP contribution in [0.5, 0.6) is 0 Å². The lowest BCUT2D eigenvalue weighted by molar-refractivity contribution is 0.0526. The molecule has 0 atom stereocenters. The Morgan fingerprint density at radius 1 is 0.966 bits per heavy atom. The van der Waals surface area contributed by atoms with Gasteiger partial charge in [0, 0.05) is 27.4 Å². The van der Waals surface area contributed by atoms with Gasteiger partial charge in [0.05, 0.1) is 28.6 Å². The summed E-state index contributed by atoms with van der Waals surface area (Å²) in [6.07, 6.45) is 1.69. The van der Waals surface area contributed by atoms with Crippen LogP contribution in [0, 0.1) is 0 Å². The molecule has 0 saturated carbocycles. The molecule has 0 aliphatic rings. The molecular formula is C22H15Cl3N2O2. The highest BCUT2D eigenvalue weighted by Crippen LogP contribution is 2.36. The third-order valence-electron chi connectivity index (χ3n) is 4.42. The van der Waals surface area contributed by atoms with E-state index in [4.69, 9.17) is 44.5 Å². The van der Waals surface area contributed by atoms with E-state index in [-0.39, 0.29) is 6.61 Å². The fraction of sp³-hybridized carbons (Fsp3) is 0.0909. The number of ether oxygens (including phenoxy) is 1. The van der Waals surface area contributed by atoms with Crippen molar-refractivity contribution >= 4 is 46.4 Å². The van der Waals surface area contributed by atoms with Crippen LogP contribution < -0.4 is 0 Å². The van der Waals surface area contributed by atoms with Crippen LogP contribution in [0.1, 0.15) is 17.3 Å². The van der Waals surface area contributed by atoms with Crippen molar-refractivity contribution in [2.75, 3.05) is 6.61 Å². The van der Waals surface area contributed by atoms with Gasteiger partial charge in [-0.05, 0) is 37.3 Å². The zero-order chi connectivity index (χ0) is 20.5. The van der Waals surface area contributed by atoms with Gasteiger partial charge in [-0.15, -0.1) is 0 Å². The van der Waals surface area contributed by atoms with Crippen LogP contribution in [0.2, 0.25) is 15.1 Å². The largest absolute Gasteiger partial charge is 0.462 e. The maximum Gasteiger partial charge on any atom is 0.339 e. The monoisotopic (exact) mass is 444 g/mol. The minimum Gasteiger partial charge on any atom is -0.462 e. The topological polar surface area (TPSA) is 43.6 Å². The molecule has 0 spiro atoms. The number of carbonyl (C=O) groups excluding carboxylic acids is 1. The Labute approximate surface area is 182 Å². The molecule has 0 aliphatic carbocycles. The molecule has 4 rings (SSSR count). The summed E-state index contributed by atoms with van der Waals surface area (Å²) in [5, 5.41) is 1.61. The molecule has 0 N–H and O–H groups in total. The standard InChI is InChI=1S/C22H15Cl3N2O2/c1-2-29-22(28)15-11-18(25)21-26-19(13-3-7-16(23)8-4-13)20(27(21)12-15)14-5-9-17(24)10-6-14/h3-12H,2H2,1H3. The molecule has 7 heteroatoms. The number of carbonyl (C=O) groups is 1. The number of rotatable bonds is 4. The van der Waals surface area contributed by atoms with E-state index in [0.29, 0.717) is 32.0 Å². The average Bonchev–Trinajstić information content (AvgIpc) is 3.09. The van der Waals surface area contributed by atoms with E-state index in [9.17, 15) is 4.79 Å². The minimum absolute atomic E-state index is 0.276. The Kier molecular flexibility index (Phi) is 5.50. The first-order valence-corrected chi connectivity index (χ1v) is 10.0. The van der Waals surface area contributed by atoms with Gasteiger partial charge in [0.15, 0.2) is 5.65 Å². The minimum atomic E-state index is -0.444. The SMILES string of the molecule is CCOC(=O)c1cc(Cl)c2nc(-c3ccc(Cl)cc3)c(-c3ccc(Cl)cc3)n2c1. The summed E-state index contributed by atoms with van der Waals surface area (Å²) < 4.78 is 6.94. The molecule has 4 nitrogen and oxygen atoms in total. The van der Waals surface area contributed by atoms with E-state index < -0.39 is 5.97 Å². The van der Waals surface area contributed by atoms with Crippen molar-refractivity contribution in [1.29, 1.82) is 0 Å². The predicted molar refractivity (Wildman–Crippen MR) is 117 cm³/mol. The lowest BCUT2D eigenvalue weighted by atomic mass is 10.0. The van der Waals surface area contributed by atoms with E-state index in [0.717, 1.165) is 16.8 Å². The maximum absolute atomic E-state index is 12.3. The first-order valence-electron chi connectivity index (χ1n) is 8.88. The first kappa shape index (κ1) is 19.8. The van der Waals surface area contributed by atoms with Crippen LogP contribution in [0.4, 0.5) is 0 Å². The summed E-state index contributed by atoms with van der Waals surface area (Å²) in [4.78, 5) is 17.1. The van der Waals surface area contributed by atoms with Gasteiger partial charge in [-0.25, -0.2) is 9.78 Å². The van der Waals surface area contributed by atoms with E-state index in [2.05, 4.69) is 0 Å². The lowest BCUT2D eigenvalue weighted by Crippen LogP contribution is -2.06. The van der Waals surface area contributed by atoms with Crippen LogP contribution in [-0.4, -0.2) is 22.0 Å². The van der Waals surface area contributed by atoms with Crippen molar-refractivity contribution in [3.8, 4) is 22.5 Å². The molecule has 2 aromatic heterocycles. The molecule has 0 unspecified atom stereocenters. The quantitative estimate of drug-likeness (QED) is 0.324. The average molecular weight is 446 g/mol. The number of benzene rings is 2. The molecule has 2 aromatic carbocycles. The number of fused-ring (bicyclic) bond motifs is 1. The van der Waals surface area contributed by atoms with E-state index in [1.54, 1.807) is 43.5 Å². The summed E-state index contributed by atoms with van der Waals surface area (Å²) in [6, 6.07) is 16.4. The summed E-state index contributed by atoms with van der Waals surface area (Å²) in [5.74, 6) is -0.444. The molecule has 2 heterocycles. The number of hydrogen-bond acceptors (Lipinski definition) is 3. The van der Waals surface area contributed by atoms with Crippen molar-refractivity contribution in [3.63, 3.8) is 0 Å². The van der Waals surface area contributed by atoms with E-state index in [1.165, 1.54) is 0 Å². The Morgan fingerprint density at radius 2 is 1.55 bits per heavy atom. The van der Waals surface area contributed by atoms with Gasteiger partial charge in [-0.1, -0.05) is 59.1 Å². The number of pyridine rings is 1. The van der Waals surface area contributed by atoms with Crippen LogP contribution >= 0.6 is 34.8 Å². The Hall–Kier alpha value is -2.53. The Morgan fingerprint density at radius 3 is 2.14 bits per heavy atom. The van der Waals surface area contributed by atoms with Crippen molar-refractivity contribution in [2.24, 2.45) is 0 Å². The predicted octanol–water partition coefficient (Wildman–Crippen LogP) is 6.81. The van der Waals surface area contributed by atoms with Gasteiger partial charge < -0.3 is 4.74 Å². The van der Waals surface area contributed by atoms with Gasteiger partial charge in [-0.2, -0.15) is 0 Å². The third-order valence-corrected chi connectivity index (χ3v) is 5.20. The van der Waals surface area contributed by atoms with E-state index >= 15 is 0 Å². The fourth-order valence-electron chi connectivity index (χ4n) is 3.12. The van der Waals surface area contributed by atoms with Gasteiger partial charge in [0.25, 0.3) is 0 Å². The van der Waals surface area contributed by atoms with Crippen molar-refractivity contribution in [2.45, 2.75) is 6.92 Å². The highest BCUT2D eigenvalue weighted by molar-refractivity contribution is 6.34. The van der Waals surface area contributed by atoms with Crippen LogP contribution in [-0.2, 0) is 4.74 Å². The molecule has 0 amide bonds. The highest BCUT2D eigenvalue weighted by atomic mass is 35.5. The first-order chi connectivity index (χ1) is 14.0. The normalized spacial score (nSPS) is 11.0. The zero-order valence-corrected chi connectivity index (χ0v) is 17.6. The molecule has 0 aliphatic heterocycles. The molecule has 4 aromatic rings. The van der Waals surface area contributed by atoms with Crippen molar-refractivity contribution < 1.29 is 9.53 Å². The highest BCUT2D eigenvalue weighted by Gasteiger charge is 2.20. The fourth-order valence-corrected chi connectivity index (χ4v) is 3.63. The number of aromatic nitrogens is 2. The molecule has 0 saturated heterocycles. The Balaban J connectivity index is 2.02. The third kappa shape index (κ3) is 3.84. The molecule has 146 valence electrons. The van der Waals surface area contributed by atoms with E-state index in [1.807, 2.05) is 28.7 Å². The van der Waals surface area contributed by atoms with Crippen LogP contribution in [0.3, 0.4) is 0 Å². The maximum atomic E-state index is 12.3. The number of nitrogens with zero attached hydrogens (tertiary/aromatic N) is 2. The molecule has 0 bridgehead atoms. The number of esters is 1. The summed E-state index contributed by atoms with van der Waals surface area (Å²) in [5.41, 5.74) is 4.13. The molecule has 0 fully saturated rings. The second-order valence-electron chi connectivity index (χ2n) is 6.31.